The van der Waals surface area contributed by atoms with E-state index in [0.29, 0.717) is 17.2 Å². The molecule has 4 rings (SSSR count). The lowest BCUT2D eigenvalue weighted by Crippen LogP contribution is -2.21. The van der Waals surface area contributed by atoms with Crippen LogP contribution in [0.15, 0.2) is 67.0 Å². The van der Waals surface area contributed by atoms with Crippen LogP contribution in [0, 0.1) is 0 Å². The molecular weight excluding hydrogens is 374 g/mol. The fourth-order valence-electron chi connectivity index (χ4n) is 4.31. The number of benzene rings is 2. The van der Waals surface area contributed by atoms with Crippen molar-refractivity contribution in [2.24, 2.45) is 0 Å². The van der Waals surface area contributed by atoms with Crippen LogP contribution >= 0.6 is 0 Å². The zero-order valence-corrected chi connectivity index (χ0v) is 17.3. The Labute approximate surface area is 178 Å². The number of hydrogen-bond acceptors (Lipinski definition) is 5. The average Bonchev–Trinajstić information content (AvgIpc) is 2.78. The van der Waals surface area contributed by atoms with Crippen LogP contribution in [0.4, 0.5) is 11.4 Å². The third-order valence-corrected chi connectivity index (χ3v) is 5.94. The van der Waals surface area contributed by atoms with Crippen molar-refractivity contribution in [1.29, 1.82) is 0 Å². The van der Waals surface area contributed by atoms with Crippen LogP contribution in [0.25, 0.3) is 0 Å². The number of rotatable bonds is 7. The molecule has 0 bridgehead atoms. The highest BCUT2D eigenvalue weighted by atomic mass is 16.5. The monoisotopic (exact) mass is 403 g/mol. The second-order valence-corrected chi connectivity index (χ2v) is 8.03. The Kier molecular flexibility index (Phi) is 6.31. The molecule has 5 heteroatoms. The maximum absolute atomic E-state index is 9.57. The molecule has 1 atom stereocenters. The van der Waals surface area contributed by atoms with Crippen molar-refractivity contribution in [2.75, 3.05) is 23.8 Å². The number of aromatic nitrogens is 1. The molecule has 3 aromatic rings. The first kappa shape index (κ1) is 20.4. The first-order valence-corrected chi connectivity index (χ1v) is 10.5. The van der Waals surface area contributed by atoms with E-state index in [9.17, 15) is 10.2 Å². The van der Waals surface area contributed by atoms with Gasteiger partial charge in [0.05, 0.1) is 11.9 Å². The van der Waals surface area contributed by atoms with Crippen molar-refractivity contribution in [3.8, 4) is 0 Å². The van der Waals surface area contributed by atoms with Crippen LogP contribution in [-0.2, 0) is 13.0 Å². The van der Waals surface area contributed by atoms with Crippen LogP contribution in [0.1, 0.15) is 47.3 Å². The van der Waals surface area contributed by atoms with E-state index < -0.39 is 6.29 Å². The Morgan fingerprint density at radius 2 is 1.97 bits per heavy atom. The van der Waals surface area contributed by atoms with Crippen molar-refractivity contribution >= 4 is 11.4 Å². The van der Waals surface area contributed by atoms with Gasteiger partial charge in [0.15, 0.2) is 6.29 Å². The molecule has 0 saturated heterocycles. The molecule has 5 nitrogen and oxygen atoms in total. The molecule has 0 saturated carbocycles. The van der Waals surface area contributed by atoms with Gasteiger partial charge in [0.2, 0.25) is 0 Å². The summed E-state index contributed by atoms with van der Waals surface area (Å²) in [4.78, 5) is 6.40. The summed E-state index contributed by atoms with van der Waals surface area (Å²) in [7, 11) is 2.14. The molecule has 0 spiro atoms. The van der Waals surface area contributed by atoms with Gasteiger partial charge >= 0.3 is 0 Å². The van der Waals surface area contributed by atoms with Gasteiger partial charge in [-0.25, -0.2) is 0 Å². The minimum absolute atomic E-state index is 0.395. The average molecular weight is 404 g/mol. The number of aliphatic hydroxyl groups is 2. The lowest BCUT2D eigenvalue weighted by atomic mass is 9.82. The summed E-state index contributed by atoms with van der Waals surface area (Å²) in [6.07, 6.45) is 5.11. The molecule has 0 unspecified atom stereocenters. The highest BCUT2D eigenvalue weighted by Gasteiger charge is 2.21. The lowest BCUT2D eigenvalue weighted by Gasteiger charge is -2.29. The lowest BCUT2D eigenvalue weighted by molar-refractivity contribution is -0.0419. The number of aliphatic hydroxyl groups excluding tert-OH is 1. The van der Waals surface area contributed by atoms with Gasteiger partial charge in [0.1, 0.15) is 0 Å². The molecule has 2 aromatic carbocycles. The van der Waals surface area contributed by atoms with Crippen molar-refractivity contribution < 1.29 is 10.2 Å². The van der Waals surface area contributed by atoms with Crippen LogP contribution in [0.5, 0.6) is 0 Å². The van der Waals surface area contributed by atoms with Gasteiger partial charge in [-0.3, -0.25) is 4.98 Å². The molecular formula is C25H29N3O2. The first-order valence-electron chi connectivity index (χ1n) is 10.5. The molecule has 0 aliphatic heterocycles. The van der Waals surface area contributed by atoms with Crippen LogP contribution < -0.4 is 10.2 Å². The second-order valence-electron chi connectivity index (χ2n) is 8.03. The van der Waals surface area contributed by atoms with Crippen LogP contribution in [-0.4, -0.2) is 28.8 Å². The normalized spacial score (nSPS) is 15.7. The number of hydrogen-bond donors (Lipinski definition) is 3. The van der Waals surface area contributed by atoms with Crippen molar-refractivity contribution in [3.05, 3.63) is 89.2 Å². The summed E-state index contributed by atoms with van der Waals surface area (Å²) in [5.74, 6) is 0.395. The Hall–Kier alpha value is -2.89. The highest BCUT2D eigenvalue weighted by molar-refractivity contribution is 5.54. The summed E-state index contributed by atoms with van der Waals surface area (Å²) < 4.78 is 0. The molecule has 30 heavy (non-hydrogen) atoms. The van der Waals surface area contributed by atoms with Crippen LogP contribution in [0.2, 0.25) is 0 Å². The Balaban J connectivity index is 1.47. The van der Waals surface area contributed by atoms with E-state index in [1.807, 2.05) is 6.07 Å². The summed E-state index contributed by atoms with van der Waals surface area (Å²) in [6.45, 7) is 1.63. The van der Waals surface area contributed by atoms with Gasteiger partial charge < -0.3 is 20.4 Å². The number of fused-ring (bicyclic) bond motifs is 1. The second kappa shape index (κ2) is 9.28. The third kappa shape index (κ3) is 4.64. The smallest absolute Gasteiger partial charge is 0.180 e. The summed E-state index contributed by atoms with van der Waals surface area (Å²) >= 11 is 0. The standard InChI is InChI=1S/C25H29N3O2/c1-28(17-18-6-3-2-4-7-18)21-10-11-22-19(14-21)8-5-9-20(22)15-27-24-16-26-13-12-23(24)25(29)30/h2-4,6-7,10-14,16,20,25,27,29-30H,5,8-9,15,17H2,1H3/t20-/m0/s1. The molecule has 1 aliphatic rings. The Bertz CT molecular complexity index is 975. The predicted octanol–water partition coefficient (Wildman–Crippen LogP) is 4.23. The molecule has 1 heterocycles. The largest absolute Gasteiger partial charge is 0.383 e. The van der Waals surface area contributed by atoms with E-state index in [1.54, 1.807) is 18.5 Å². The summed E-state index contributed by atoms with van der Waals surface area (Å²) in [6, 6.07) is 19.0. The topological polar surface area (TPSA) is 68.6 Å². The van der Waals surface area contributed by atoms with Gasteiger partial charge in [-0.15, -0.1) is 0 Å². The number of nitrogens with zero attached hydrogens (tertiary/aromatic N) is 2. The fourth-order valence-corrected chi connectivity index (χ4v) is 4.31. The van der Waals surface area contributed by atoms with E-state index in [-0.39, 0.29) is 0 Å². The molecule has 1 aliphatic carbocycles. The molecule has 0 amide bonds. The van der Waals surface area contributed by atoms with Gasteiger partial charge in [-0.1, -0.05) is 36.4 Å². The van der Waals surface area contributed by atoms with E-state index >= 15 is 0 Å². The van der Waals surface area contributed by atoms with E-state index in [0.717, 1.165) is 32.4 Å². The number of nitrogens with one attached hydrogen (secondary N) is 1. The van der Waals surface area contributed by atoms with E-state index in [4.69, 9.17) is 0 Å². The maximum atomic E-state index is 9.57. The van der Waals surface area contributed by atoms with Gasteiger partial charge in [0.25, 0.3) is 0 Å². The van der Waals surface area contributed by atoms with Crippen molar-refractivity contribution in [2.45, 2.75) is 38.0 Å². The number of pyridine rings is 1. The number of aryl methyl sites for hydroxylation is 1. The highest BCUT2D eigenvalue weighted by Crippen LogP contribution is 2.34. The molecule has 1 aromatic heterocycles. The number of anilines is 2. The zero-order valence-electron chi connectivity index (χ0n) is 17.3. The molecule has 156 valence electrons. The Morgan fingerprint density at radius 1 is 1.13 bits per heavy atom. The van der Waals surface area contributed by atoms with Gasteiger partial charge in [0, 0.05) is 43.5 Å². The van der Waals surface area contributed by atoms with Crippen molar-refractivity contribution in [3.63, 3.8) is 0 Å². The SMILES string of the molecule is CN(Cc1ccccc1)c1ccc2c(c1)CCC[C@H]2CNc1cnccc1C(O)O. The Morgan fingerprint density at radius 3 is 2.77 bits per heavy atom. The first-order chi connectivity index (χ1) is 14.6. The van der Waals surface area contributed by atoms with E-state index in [2.05, 4.69) is 64.7 Å². The van der Waals surface area contributed by atoms with Gasteiger partial charge in [-0.2, -0.15) is 0 Å². The fraction of sp³-hybridized carbons (Fsp3) is 0.320. The predicted molar refractivity (Wildman–Crippen MR) is 121 cm³/mol. The van der Waals surface area contributed by atoms with E-state index in [1.165, 1.54) is 22.4 Å². The summed E-state index contributed by atoms with van der Waals surface area (Å²) in [5.41, 5.74) is 6.49. The molecule has 3 N–H and O–H groups in total. The van der Waals surface area contributed by atoms with Crippen LogP contribution in [0.3, 0.4) is 0 Å². The quantitative estimate of drug-likeness (QED) is 0.515. The molecule has 0 fully saturated rings. The minimum atomic E-state index is -1.50. The minimum Gasteiger partial charge on any atom is -0.383 e. The van der Waals surface area contributed by atoms with Crippen molar-refractivity contribution in [1.82, 2.24) is 4.98 Å². The molecule has 0 radical (unpaired) electrons. The third-order valence-electron chi connectivity index (χ3n) is 5.94. The maximum Gasteiger partial charge on any atom is 0.180 e. The van der Waals surface area contributed by atoms with Gasteiger partial charge in [-0.05, 0) is 54.2 Å². The summed E-state index contributed by atoms with van der Waals surface area (Å²) in [5, 5.41) is 22.5. The zero-order chi connectivity index (χ0) is 20.9.